The Hall–Kier alpha value is -2.89. The number of rotatable bonds is 10. The molecule has 0 spiro atoms. The molecule has 0 saturated heterocycles. The molecule has 3 rings (SSSR count). The van der Waals surface area contributed by atoms with Gasteiger partial charge in [0.25, 0.3) is 5.91 Å². The molecule has 0 aliphatic carbocycles. The Labute approximate surface area is 206 Å². The molecule has 0 aliphatic heterocycles. The molecule has 0 aliphatic rings. The average molecular weight is 524 g/mol. The summed E-state index contributed by atoms with van der Waals surface area (Å²) in [5.74, 6) is -2.57. The molecule has 2 heterocycles. The van der Waals surface area contributed by atoms with Crippen molar-refractivity contribution in [3.05, 3.63) is 64.9 Å². The summed E-state index contributed by atoms with van der Waals surface area (Å²) in [4.78, 5) is 16.5. The van der Waals surface area contributed by atoms with Crippen molar-refractivity contribution in [1.29, 1.82) is 0 Å². The van der Waals surface area contributed by atoms with E-state index in [1.807, 2.05) is 13.8 Å². The lowest BCUT2D eigenvalue weighted by molar-refractivity contribution is 0.100. The molecule has 3 aromatic rings. The van der Waals surface area contributed by atoms with Gasteiger partial charge in [0.2, 0.25) is 0 Å². The van der Waals surface area contributed by atoms with Crippen molar-refractivity contribution in [3.63, 3.8) is 0 Å². The summed E-state index contributed by atoms with van der Waals surface area (Å²) in [5.41, 5.74) is 5.57. The van der Waals surface area contributed by atoms with Crippen LogP contribution >= 0.6 is 11.3 Å². The topological polar surface area (TPSA) is 122 Å². The second kappa shape index (κ2) is 10.8. The van der Waals surface area contributed by atoms with Gasteiger partial charge in [-0.1, -0.05) is 26.8 Å². The number of sulfone groups is 1. The third kappa shape index (κ3) is 6.62. The Balaban J connectivity index is 1.95. The number of carbonyl (C=O) groups is 1. The van der Waals surface area contributed by atoms with E-state index in [0.717, 1.165) is 23.5 Å². The van der Waals surface area contributed by atoms with Gasteiger partial charge >= 0.3 is 0 Å². The Morgan fingerprint density at radius 3 is 2.43 bits per heavy atom. The number of nitrogens with one attached hydrogen (secondary N) is 1. The number of primary amides is 1. The van der Waals surface area contributed by atoms with Crippen molar-refractivity contribution in [2.45, 2.75) is 39.0 Å². The van der Waals surface area contributed by atoms with Crippen LogP contribution in [0.2, 0.25) is 0 Å². The number of nitrogens with two attached hydrogens (primary N) is 1. The molecule has 1 unspecified atom stereocenters. The first-order valence-electron chi connectivity index (χ1n) is 10.9. The first kappa shape index (κ1) is 26.7. The first-order chi connectivity index (χ1) is 16.4. The first-order valence-corrected chi connectivity index (χ1v) is 13.6. The number of benzene rings is 1. The van der Waals surface area contributed by atoms with E-state index in [-0.39, 0.29) is 49.8 Å². The van der Waals surface area contributed by atoms with Crippen LogP contribution in [0.4, 0.5) is 19.6 Å². The highest BCUT2D eigenvalue weighted by Crippen LogP contribution is 2.40. The number of hydrogen-bond donors (Lipinski definition) is 3. The SMILES string of the molecule is CCC(O)c1cc(F)c(-c2cc(C(N)=O)c(Nc3cccc(CS(=O)(=O)CC(C)C)n3)s2)c(F)c1. The minimum atomic E-state index is -3.36. The zero-order chi connectivity index (χ0) is 25.9. The molecule has 11 heteroatoms. The maximum Gasteiger partial charge on any atom is 0.251 e. The number of aliphatic hydroxyl groups is 1. The van der Waals surface area contributed by atoms with Crippen LogP contribution in [0, 0.1) is 17.6 Å². The predicted octanol–water partition coefficient (Wildman–Crippen LogP) is 4.95. The number of amides is 1. The summed E-state index contributed by atoms with van der Waals surface area (Å²) in [5, 5.41) is 13.0. The molecule has 35 heavy (non-hydrogen) atoms. The summed E-state index contributed by atoms with van der Waals surface area (Å²) >= 11 is 0.899. The number of aliphatic hydroxyl groups excluding tert-OH is 1. The highest BCUT2D eigenvalue weighted by molar-refractivity contribution is 7.90. The highest BCUT2D eigenvalue weighted by atomic mass is 32.2. The minimum Gasteiger partial charge on any atom is -0.388 e. The summed E-state index contributed by atoms with van der Waals surface area (Å²) in [6, 6.07) is 8.17. The van der Waals surface area contributed by atoms with Crippen molar-refractivity contribution in [2.75, 3.05) is 11.1 Å². The molecule has 0 saturated carbocycles. The van der Waals surface area contributed by atoms with Crippen LogP contribution < -0.4 is 11.1 Å². The molecule has 2 aromatic heterocycles. The van der Waals surface area contributed by atoms with Crippen LogP contribution in [0.1, 0.15) is 54.9 Å². The number of anilines is 2. The van der Waals surface area contributed by atoms with E-state index in [1.54, 1.807) is 25.1 Å². The Morgan fingerprint density at radius 1 is 1.20 bits per heavy atom. The van der Waals surface area contributed by atoms with Crippen LogP contribution in [-0.4, -0.2) is 30.2 Å². The van der Waals surface area contributed by atoms with E-state index in [4.69, 9.17) is 5.73 Å². The summed E-state index contributed by atoms with van der Waals surface area (Å²) < 4.78 is 54.3. The van der Waals surface area contributed by atoms with Gasteiger partial charge < -0.3 is 16.2 Å². The standard InChI is InChI=1S/C24H27F2N3O4S2/c1-4-19(30)14-8-17(25)22(18(26)9-14)20-10-16(23(27)31)24(34-20)29-21-7-5-6-15(28-21)12-35(32,33)11-13(2)3/h5-10,13,19,30H,4,11-12H2,1-3H3,(H2,27,31)(H,28,29). The van der Waals surface area contributed by atoms with Crippen molar-refractivity contribution < 1.29 is 27.1 Å². The van der Waals surface area contributed by atoms with Gasteiger partial charge in [0.1, 0.15) is 22.5 Å². The quantitative estimate of drug-likeness (QED) is 0.346. The molecule has 188 valence electrons. The molecule has 1 aromatic carbocycles. The smallest absolute Gasteiger partial charge is 0.251 e. The fourth-order valence-corrected chi connectivity index (χ4v) is 6.45. The molecule has 0 radical (unpaired) electrons. The summed E-state index contributed by atoms with van der Waals surface area (Å²) in [6.45, 7) is 5.31. The van der Waals surface area contributed by atoms with Crippen LogP contribution in [0.5, 0.6) is 0 Å². The lowest BCUT2D eigenvalue weighted by Gasteiger charge is -2.11. The van der Waals surface area contributed by atoms with Crippen molar-refractivity contribution in [3.8, 4) is 10.4 Å². The fourth-order valence-electron chi connectivity index (χ4n) is 3.58. The number of thiophene rings is 1. The average Bonchev–Trinajstić information content (AvgIpc) is 3.14. The van der Waals surface area contributed by atoms with Crippen LogP contribution in [0.15, 0.2) is 36.4 Å². The third-order valence-corrected chi connectivity index (χ3v) is 8.06. The van der Waals surface area contributed by atoms with Gasteiger partial charge in [0.15, 0.2) is 9.84 Å². The zero-order valence-corrected chi connectivity index (χ0v) is 21.1. The van der Waals surface area contributed by atoms with Gasteiger partial charge in [-0.3, -0.25) is 4.79 Å². The van der Waals surface area contributed by atoms with E-state index in [1.165, 1.54) is 6.07 Å². The van der Waals surface area contributed by atoms with E-state index < -0.39 is 33.5 Å². The van der Waals surface area contributed by atoms with Crippen molar-refractivity contribution in [1.82, 2.24) is 4.98 Å². The molecule has 4 N–H and O–H groups in total. The van der Waals surface area contributed by atoms with Gasteiger partial charge in [-0.25, -0.2) is 22.2 Å². The van der Waals surface area contributed by atoms with Crippen molar-refractivity contribution >= 4 is 37.9 Å². The van der Waals surface area contributed by atoms with E-state index >= 15 is 0 Å². The molecular formula is C24H27F2N3O4S2. The van der Waals surface area contributed by atoms with Crippen LogP contribution in [0.25, 0.3) is 10.4 Å². The summed E-state index contributed by atoms with van der Waals surface area (Å²) in [7, 11) is -3.36. The van der Waals surface area contributed by atoms with Gasteiger partial charge in [0.05, 0.1) is 34.4 Å². The molecular weight excluding hydrogens is 496 g/mol. The number of nitrogens with zero attached hydrogens (tertiary/aromatic N) is 1. The third-order valence-electron chi connectivity index (χ3n) is 5.08. The molecule has 1 amide bonds. The second-order valence-electron chi connectivity index (χ2n) is 8.59. The number of carbonyl (C=O) groups excluding carboxylic acids is 1. The van der Waals surface area contributed by atoms with Gasteiger partial charge in [-0.05, 0) is 48.2 Å². The van der Waals surface area contributed by atoms with E-state index in [9.17, 15) is 27.1 Å². The Bertz CT molecular complexity index is 1320. The largest absolute Gasteiger partial charge is 0.388 e. The number of halogens is 2. The van der Waals surface area contributed by atoms with Crippen LogP contribution in [-0.2, 0) is 15.6 Å². The van der Waals surface area contributed by atoms with Crippen molar-refractivity contribution in [2.24, 2.45) is 11.7 Å². The highest BCUT2D eigenvalue weighted by Gasteiger charge is 2.22. The molecule has 0 fully saturated rings. The predicted molar refractivity (Wildman–Crippen MR) is 133 cm³/mol. The fraction of sp³-hybridized carbons (Fsp3) is 0.333. The number of pyridine rings is 1. The van der Waals surface area contributed by atoms with E-state index in [0.29, 0.717) is 12.1 Å². The maximum atomic E-state index is 14.8. The zero-order valence-electron chi connectivity index (χ0n) is 19.5. The van der Waals surface area contributed by atoms with Gasteiger partial charge in [-0.15, -0.1) is 11.3 Å². The monoisotopic (exact) mass is 523 g/mol. The maximum absolute atomic E-state index is 14.8. The minimum absolute atomic E-state index is 0.00102. The van der Waals surface area contributed by atoms with Crippen LogP contribution in [0.3, 0.4) is 0 Å². The lowest BCUT2D eigenvalue weighted by atomic mass is 10.0. The second-order valence-corrected chi connectivity index (χ2v) is 11.8. The van der Waals surface area contributed by atoms with Gasteiger partial charge in [0, 0.05) is 4.88 Å². The lowest BCUT2D eigenvalue weighted by Crippen LogP contribution is -2.15. The summed E-state index contributed by atoms with van der Waals surface area (Å²) in [6.07, 6.45) is -0.709. The normalized spacial score (nSPS) is 12.7. The molecule has 1 atom stereocenters. The Morgan fingerprint density at radius 2 is 1.86 bits per heavy atom. The van der Waals surface area contributed by atoms with Gasteiger partial charge in [-0.2, -0.15) is 0 Å². The van der Waals surface area contributed by atoms with E-state index in [2.05, 4.69) is 10.3 Å². The Kier molecular flexibility index (Phi) is 8.24. The molecule has 7 nitrogen and oxygen atoms in total. The number of aromatic nitrogens is 1. The molecule has 0 bridgehead atoms. The number of hydrogen-bond acceptors (Lipinski definition) is 7.